The molecule has 0 aliphatic carbocycles. The van der Waals surface area contributed by atoms with Crippen molar-refractivity contribution in [2.24, 2.45) is 0 Å². The average Bonchev–Trinajstić information content (AvgIpc) is 2.15. The first-order valence-electron chi connectivity index (χ1n) is 4.86. The highest BCUT2D eigenvalue weighted by Crippen LogP contribution is 2.43. The van der Waals surface area contributed by atoms with E-state index in [9.17, 15) is 22.0 Å². The maximum atomic E-state index is 13.0. The zero-order valence-corrected chi connectivity index (χ0v) is 8.93. The lowest BCUT2D eigenvalue weighted by molar-refractivity contribution is -0.289. The number of rotatable bonds is 3. The Morgan fingerprint density at radius 3 is 2.24 bits per heavy atom. The van der Waals surface area contributed by atoms with Crippen molar-refractivity contribution in [3.63, 3.8) is 0 Å². The number of aliphatic hydroxyl groups excluding tert-OH is 1. The van der Waals surface area contributed by atoms with Crippen LogP contribution < -0.4 is 0 Å². The van der Waals surface area contributed by atoms with Crippen LogP contribution in [0.5, 0.6) is 0 Å². The van der Waals surface area contributed by atoms with Gasteiger partial charge in [-0.2, -0.15) is 22.0 Å². The summed E-state index contributed by atoms with van der Waals surface area (Å²) in [5, 5.41) is 9.05. The smallest absolute Gasteiger partial charge is 0.393 e. The number of halogens is 5. The first-order chi connectivity index (χ1) is 7.64. The fourth-order valence-electron chi connectivity index (χ4n) is 1.40. The molecule has 1 N–H and O–H groups in total. The normalized spacial score (nSPS) is 14.8. The van der Waals surface area contributed by atoms with Crippen LogP contribution in [0, 0.1) is 0 Å². The summed E-state index contributed by atoms with van der Waals surface area (Å²) < 4.78 is 62.3. The van der Waals surface area contributed by atoms with E-state index in [4.69, 9.17) is 5.11 Å². The van der Waals surface area contributed by atoms with E-state index in [1.807, 2.05) is 0 Å². The Bertz CT molecular complexity index is 384. The van der Waals surface area contributed by atoms with Crippen molar-refractivity contribution in [1.29, 1.82) is 0 Å². The van der Waals surface area contributed by atoms with Crippen molar-refractivity contribution in [3.8, 4) is 0 Å². The molecule has 0 fully saturated rings. The summed E-state index contributed by atoms with van der Waals surface area (Å²) in [4.78, 5) is 0. The highest BCUT2D eigenvalue weighted by atomic mass is 19.4. The minimum atomic E-state index is -5.61. The molecule has 0 aromatic heterocycles. The van der Waals surface area contributed by atoms with Crippen LogP contribution in [0.15, 0.2) is 24.3 Å². The molecule has 0 bridgehead atoms. The van der Waals surface area contributed by atoms with Gasteiger partial charge in [0, 0.05) is 5.56 Å². The third kappa shape index (κ3) is 3.15. The number of aliphatic hydroxyl groups is 1. The van der Waals surface area contributed by atoms with Crippen molar-refractivity contribution in [1.82, 2.24) is 0 Å². The van der Waals surface area contributed by atoms with E-state index in [-0.39, 0.29) is 12.0 Å². The molecule has 1 rings (SSSR count). The number of alkyl halides is 5. The summed E-state index contributed by atoms with van der Waals surface area (Å²) in [6.07, 6.45) is -6.39. The molecule has 96 valence electrons. The molecule has 0 spiro atoms. The van der Waals surface area contributed by atoms with Crippen molar-refractivity contribution >= 4 is 0 Å². The SMILES string of the molecule is CC(O)Cc1cccc(C(F)(F)C(F)(F)F)c1. The van der Waals surface area contributed by atoms with Gasteiger partial charge in [0.15, 0.2) is 0 Å². The molecule has 6 heteroatoms. The summed E-state index contributed by atoms with van der Waals surface area (Å²) in [7, 11) is 0. The van der Waals surface area contributed by atoms with E-state index in [1.54, 1.807) is 0 Å². The summed E-state index contributed by atoms with van der Waals surface area (Å²) >= 11 is 0. The van der Waals surface area contributed by atoms with Crippen molar-refractivity contribution < 1.29 is 27.1 Å². The molecular weight excluding hydrogens is 243 g/mol. The minimum Gasteiger partial charge on any atom is -0.393 e. The van der Waals surface area contributed by atoms with Gasteiger partial charge in [0.05, 0.1) is 6.10 Å². The second-order valence-corrected chi connectivity index (χ2v) is 3.83. The van der Waals surface area contributed by atoms with Crippen LogP contribution >= 0.6 is 0 Å². The molecule has 0 saturated carbocycles. The topological polar surface area (TPSA) is 20.2 Å². The average molecular weight is 254 g/mol. The lowest BCUT2D eigenvalue weighted by atomic mass is 10.0. The molecule has 17 heavy (non-hydrogen) atoms. The maximum Gasteiger partial charge on any atom is 0.458 e. The fraction of sp³-hybridized carbons (Fsp3) is 0.455. The zero-order chi connectivity index (χ0) is 13.3. The number of hydrogen-bond acceptors (Lipinski definition) is 1. The van der Waals surface area contributed by atoms with Gasteiger partial charge in [-0.3, -0.25) is 0 Å². The summed E-state index contributed by atoms with van der Waals surface area (Å²) in [5.41, 5.74) is -0.871. The molecule has 1 nitrogen and oxygen atoms in total. The molecule has 0 heterocycles. The Hall–Kier alpha value is -1.17. The fourth-order valence-corrected chi connectivity index (χ4v) is 1.40. The molecule has 0 aliphatic heterocycles. The summed E-state index contributed by atoms with van der Waals surface area (Å²) in [5.74, 6) is -4.87. The highest BCUT2D eigenvalue weighted by molar-refractivity contribution is 5.28. The van der Waals surface area contributed by atoms with E-state index in [0.717, 1.165) is 18.2 Å². The van der Waals surface area contributed by atoms with E-state index in [1.165, 1.54) is 13.0 Å². The molecule has 1 aromatic carbocycles. The van der Waals surface area contributed by atoms with E-state index in [2.05, 4.69) is 0 Å². The Labute approximate surface area is 94.9 Å². The van der Waals surface area contributed by atoms with Gasteiger partial charge >= 0.3 is 12.1 Å². The van der Waals surface area contributed by atoms with Gasteiger partial charge in [-0.25, -0.2) is 0 Å². The standard InChI is InChI=1S/C11H11F5O/c1-7(17)5-8-3-2-4-9(6-8)10(12,13)11(14,15)16/h2-4,6-7,17H,5H2,1H3. The molecule has 1 aromatic rings. The number of benzene rings is 1. The van der Waals surface area contributed by atoms with Gasteiger partial charge in [0.2, 0.25) is 0 Å². The zero-order valence-electron chi connectivity index (χ0n) is 8.93. The number of hydrogen-bond donors (Lipinski definition) is 1. The van der Waals surface area contributed by atoms with Gasteiger partial charge in [-0.1, -0.05) is 18.2 Å². The second-order valence-electron chi connectivity index (χ2n) is 3.83. The lowest BCUT2D eigenvalue weighted by Gasteiger charge is -2.20. The first kappa shape index (κ1) is 13.9. The third-order valence-corrected chi connectivity index (χ3v) is 2.18. The van der Waals surface area contributed by atoms with Crippen molar-refractivity contribution in [3.05, 3.63) is 35.4 Å². The molecule has 1 atom stereocenters. The van der Waals surface area contributed by atoms with Crippen molar-refractivity contribution in [2.75, 3.05) is 0 Å². The van der Waals surface area contributed by atoms with Crippen LogP contribution in [0.4, 0.5) is 22.0 Å². The van der Waals surface area contributed by atoms with Crippen LogP contribution in [0.2, 0.25) is 0 Å². The van der Waals surface area contributed by atoms with Crippen LogP contribution in [0.25, 0.3) is 0 Å². The maximum absolute atomic E-state index is 13.0. The van der Waals surface area contributed by atoms with Gasteiger partial charge in [-0.05, 0) is 25.0 Å². The monoisotopic (exact) mass is 254 g/mol. The Morgan fingerprint density at radius 2 is 1.76 bits per heavy atom. The molecule has 0 aliphatic rings. The van der Waals surface area contributed by atoms with E-state index >= 15 is 0 Å². The van der Waals surface area contributed by atoms with Gasteiger partial charge in [0.25, 0.3) is 0 Å². The lowest BCUT2D eigenvalue weighted by Crippen LogP contribution is -2.33. The van der Waals surface area contributed by atoms with Gasteiger partial charge < -0.3 is 5.11 Å². The molecule has 1 unspecified atom stereocenters. The van der Waals surface area contributed by atoms with E-state index < -0.39 is 23.8 Å². The largest absolute Gasteiger partial charge is 0.458 e. The van der Waals surface area contributed by atoms with Crippen molar-refractivity contribution in [2.45, 2.75) is 31.5 Å². The van der Waals surface area contributed by atoms with Crippen LogP contribution in [-0.2, 0) is 12.3 Å². The van der Waals surface area contributed by atoms with Crippen LogP contribution in [-0.4, -0.2) is 17.4 Å². The molecule has 0 radical (unpaired) electrons. The minimum absolute atomic E-state index is 0.0295. The quantitative estimate of drug-likeness (QED) is 0.821. The van der Waals surface area contributed by atoms with Crippen LogP contribution in [0.3, 0.4) is 0 Å². The predicted molar refractivity (Wildman–Crippen MR) is 51.8 cm³/mol. The Balaban J connectivity index is 3.07. The molecule has 0 amide bonds. The Morgan fingerprint density at radius 1 is 1.18 bits per heavy atom. The second kappa shape index (κ2) is 4.60. The summed E-state index contributed by atoms with van der Waals surface area (Å²) in [6, 6.07) is 3.99. The predicted octanol–water partition coefficient (Wildman–Crippen LogP) is 3.26. The molecule has 0 saturated heterocycles. The van der Waals surface area contributed by atoms with E-state index in [0.29, 0.717) is 0 Å². The van der Waals surface area contributed by atoms with Gasteiger partial charge in [-0.15, -0.1) is 0 Å². The summed E-state index contributed by atoms with van der Waals surface area (Å²) in [6.45, 7) is 1.43. The van der Waals surface area contributed by atoms with Crippen LogP contribution in [0.1, 0.15) is 18.1 Å². The molecular formula is C11H11F5O. The third-order valence-electron chi connectivity index (χ3n) is 2.18. The highest BCUT2D eigenvalue weighted by Gasteiger charge is 2.58. The first-order valence-corrected chi connectivity index (χ1v) is 4.86. The Kier molecular flexibility index (Phi) is 3.76. The van der Waals surface area contributed by atoms with Gasteiger partial charge in [0.1, 0.15) is 0 Å².